The van der Waals surface area contributed by atoms with Crippen LogP contribution in [0.2, 0.25) is 0 Å². The van der Waals surface area contributed by atoms with E-state index in [9.17, 15) is 19.8 Å². The first-order valence-corrected chi connectivity index (χ1v) is 4.82. The second-order valence-electron chi connectivity index (χ2n) is 3.29. The molecule has 0 radical (unpaired) electrons. The SMILES string of the molecule is O=NN1CCN(N=Cc2ccc([N+](=O)[O-])o2)C1=O. The summed E-state index contributed by atoms with van der Waals surface area (Å²) >= 11 is 0. The largest absolute Gasteiger partial charge is 0.433 e. The molecule has 2 rings (SSSR count). The molecule has 94 valence electrons. The molecule has 0 bridgehead atoms. The Morgan fingerprint density at radius 3 is 2.67 bits per heavy atom. The highest BCUT2D eigenvalue weighted by Crippen LogP contribution is 2.15. The van der Waals surface area contributed by atoms with E-state index in [0.29, 0.717) is 0 Å². The van der Waals surface area contributed by atoms with Gasteiger partial charge in [0.1, 0.15) is 4.92 Å². The van der Waals surface area contributed by atoms with Gasteiger partial charge >= 0.3 is 11.9 Å². The predicted octanol–water partition coefficient (Wildman–Crippen LogP) is 0.941. The molecule has 0 saturated carbocycles. The summed E-state index contributed by atoms with van der Waals surface area (Å²) in [6.45, 7) is 0.363. The summed E-state index contributed by atoms with van der Waals surface area (Å²) in [5.41, 5.74) is 0. The molecule has 1 aliphatic rings. The molecule has 10 nitrogen and oxygen atoms in total. The van der Waals surface area contributed by atoms with Crippen LogP contribution in [0.4, 0.5) is 10.7 Å². The molecule has 0 unspecified atom stereocenters. The van der Waals surface area contributed by atoms with Crippen molar-refractivity contribution in [3.05, 3.63) is 32.9 Å². The summed E-state index contributed by atoms with van der Waals surface area (Å²) in [6.07, 6.45) is 1.15. The molecule has 1 aliphatic heterocycles. The van der Waals surface area contributed by atoms with E-state index in [4.69, 9.17) is 4.42 Å². The standard InChI is InChI=1S/C8H7N5O5/c14-8-11(3-4-12(8)10-15)9-5-6-1-2-7(18-6)13(16)17/h1-2,5H,3-4H2. The minimum absolute atomic E-state index is 0.131. The first-order valence-electron chi connectivity index (χ1n) is 4.82. The third-order valence-electron chi connectivity index (χ3n) is 2.18. The fraction of sp³-hybridized carbons (Fsp3) is 0.250. The fourth-order valence-corrected chi connectivity index (χ4v) is 1.33. The van der Waals surface area contributed by atoms with Crippen molar-refractivity contribution in [3.63, 3.8) is 0 Å². The van der Waals surface area contributed by atoms with Crippen molar-refractivity contribution in [1.82, 2.24) is 10.0 Å². The number of nitroso groups, excluding NO2 is 1. The van der Waals surface area contributed by atoms with Crippen LogP contribution in [0.3, 0.4) is 0 Å². The Morgan fingerprint density at radius 1 is 1.39 bits per heavy atom. The van der Waals surface area contributed by atoms with Crippen LogP contribution in [0.15, 0.2) is 26.9 Å². The van der Waals surface area contributed by atoms with Gasteiger partial charge in [0.25, 0.3) is 0 Å². The summed E-state index contributed by atoms with van der Waals surface area (Å²) < 4.78 is 4.81. The molecule has 1 aromatic heterocycles. The van der Waals surface area contributed by atoms with Crippen molar-refractivity contribution in [1.29, 1.82) is 0 Å². The molecule has 2 amide bonds. The molecule has 0 aliphatic carbocycles. The highest BCUT2D eigenvalue weighted by Gasteiger charge is 2.29. The van der Waals surface area contributed by atoms with E-state index in [1.807, 2.05) is 0 Å². The number of rotatable bonds is 4. The quantitative estimate of drug-likeness (QED) is 0.342. The van der Waals surface area contributed by atoms with E-state index in [0.717, 1.165) is 16.2 Å². The van der Waals surface area contributed by atoms with E-state index in [1.54, 1.807) is 0 Å². The van der Waals surface area contributed by atoms with Crippen LogP contribution in [0.25, 0.3) is 0 Å². The Labute approximate surface area is 99.5 Å². The van der Waals surface area contributed by atoms with Crippen LogP contribution in [0, 0.1) is 15.0 Å². The highest BCUT2D eigenvalue weighted by molar-refractivity contribution is 5.80. The van der Waals surface area contributed by atoms with Gasteiger partial charge in [0, 0.05) is 0 Å². The van der Waals surface area contributed by atoms with E-state index in [-0.39, 0.29) is 18.8 Å². The van der Waals surface area contributed by atoms with Gasteiger partial charge in [0.2, 0.25) is 0 Å². The zero-order valence-corrected chi connectivity index (χ0v) is 8.92. The number of carbonyl (C=O) groups is 1. The van der Waals surface area contributed by atoms with Crippen molar-refractivity contribution < 1.29 is 14.1 Å². The lowest BCUT2D eigenvalue weighted by Gasteiger charge is -2.06. The average Bonchev–Trinajstić information content (AvgIpc) is 2.93. The maximum atomic E-state index is 11.4. The summed E-state index contributed by atoms with van der Waals surface area (Å²) in [7, 11) is 0. The van der Waals surface area contributed by atoms with Crippen LogP contribution in [-0.2, 0) is 0 Å². The molecule has 1 aromatic rings. The van der Waals surface area contributed by atoms with Gasteiger partial charge in [0.15, 0.2) is 5.76 Å². The van der Waals surface area contributed by atoms with Gasteiger partial charge in [-0.3, -0.25) is 10.1 Å². The zero-order chi connectivity index (χ0) is 13.1. The minimum atomic E-state index is -0.684. The minimum Gasteiger partial charge on any atom is -0.400 e. The van der Waals surface area contributed by atoms with E-state index < -0.39 is 16.8 Å². The van der Waals surface area contributed by atoms with Crippen molar-refractivity contribution in [2.45, 2.75) is 0 Å². The third-order valence-corrected chi connectivity index (χ3v) is 2.18. The lowest BCUT2D eigenvalue weighted by atomic mass is 10.5. The number of hydrogen-bond donors (Lipinski definition) is 0. The number of hydrazone groups is 1. The summed E-state index contributed by atoms with van der Waals surface area (Å²) in [5, 5.41) is 18.3. The van der Waals surface area contributed by atoms with Crippen molar-refractivity contribution in [3.8, 4) is 0 Å². The van der Waals surface area contributed by atoms with Crippen LogP contribution in [-0.4, -0.2) is 40.3 Å². The smallest absolute Gasteiger partial charge is 0.400 e. The Balaban J connectivity index is 2.05. The summed E-state index contributed by atoms with van der Waals surface area (Å²) in [6, 6.07) is 1.87. The Kier molecular flexibility index (Phi) is 3.00. The lowest BCUT2D eigenvalue weighted by Crippen LogP contribution is -2.24. The predicted molar refractivity (Wildman–Crippen MR) is 57.6 cm³/mol. The Bertz CT molecular complexity index is 524. The number of furan rings is 1. The third kappa shape index (κ3) is 2.16. The van der Waals surface area contributed by atoms with Gasteiger partial charge in [-0.1, -0.05) is 0 Å². The van der Waals surface area contributed by atoms with E-state index in [2.05, 4.69) is 10.4 Å². The lowest BCUT2D eigenvalue weighted by molar-refractivity contribution is -0.402. The van der Waals surface area contributed by atoms with Crippen molar-refractivity contribution in [2.24, 2.45) is 10.4 Å². The van der Waals surface area contributed by atoms with Crippen molar-refractivity contribution >= 4 is 18.1 Å². The van der Waals surface area contributed by atoms with Crippen LogP contribution in [0.5, 0.6) is 0 Å². The zero-order valence-electron chi connectivity index (χ0n) is 8.92. The van der Waals surface area contributed by atoms with E-state index in [1.165, 1.54) is 12.1 Å². The monoisotopic (exact) mass is 253 g/mol. The topological polar surface area (TPSA) is 122 Å². The molecule has 0 aromatic carbocycles. The van der Waals surface area contributed by atoms with Gasteiger partial charge in [-0.25, -0.2) is 9.80 Å². The Hall–Kier alpha value is -2.78. The molecule has 18 heavy (non-hydrogen) atoms. The normalized spacial score (nSPS) is 15.7. The van der Waals surface area contributed by atoms with Gasteiger partial charge in [-0.2, -0.15) is 10.1 Å². The van der Waals surface area contributed by atoms with Gasteiger partial charge in [0.05, 0.1) is 30.7 Å². The molecule has 10 heteroatoms. The summed E-state index contributed by atoms with van der Waals surface area (Å²) in [5.74, 6) is -0.285. The Morgan fingerprint density at radius 2 is 2.11 bits per heavy atom. The van der Waals surface area contributed by atoms with Gasteiger partial charge in [-0.05, 0) is 6.07 Å². The van der Waals surface area contributed by atoms with Crippen molar-refractivity contribution in [2.75, 3.05) is 13.1 Å². The number of carbonyl (C=O) groups excluding carboxylic acids is 1. The molecule has 0 atom stereocenters. The molecule has 1 saturated heterocycles. The highest BCUT2D eigenvalue weighted by atomic mass is 16.6. The second kappa shape index (κ2) is 4.61. The maximum Gasteiger partial charge on any atom is 0.433 e. The molecule has 2 heterocycles. The molecule has 0 spiro atoms. The molecular weight excluding hydrogens is 246 g/mol. The molecular formula is C8H7N5O5. The van der Waals surface area contributed by atoms with Gasteiger partial charge in [-0.15, -0.1) is 4.91 Å². The van der Waals surface area contributed by atoms with Crippen LogP contribution in [0.1, 0.15) is 5.76 Å². The first kappa shape index (κ1) is 11.7. The average molecular weight is 253 g/mol. The fourth-order valence-electron chi connectivity index (χ4n) is 1.33. The maximum absolute atomic E-state index is 11.4. The second-order valence-corrected chi connectivity index (χ2v) is 3.29. The first-order chi connectivity index (χ1) is 8.61. The number of urea groups is 1. The van der Waals surface area contributed by atoms with E-state index >= 15 is 0 Å². The van der Waals surface area contributed by atoms with Gasteiger partial charge < -0.3 is 4.42 Å². The number of amides is 2. The number of nitro groups is 1. The summed E-state index contributed by atoms with van der Waals surface area (Å²) in [4.78, 5) is 31.2. The van der Waals surface area contributed by atoms with Crippen LogP contribution < -0.4 is 0 Å². The number of nitrogens with zero attached hydrogens (tertiary/aromatic N) is 5. The molecule has 1 fully saturated rings. The molecule has 0 N–H and O–H groups in total. The number of hydrogen-bond acceptors (Lipinski definition) is 7. The van der Waals surface area contributed by atoms with Crippen LogP contribution >= 0.6 is 0 Å².